The number of anilines is 1. The van der Waals surface area contributed by atoms with Crippen LogP contribution in [0.15, 0.2) is 36.4 Å². The van der Waals surface area contributed by atoms with Gasteiger partial charge in [0.2, 0.25) is 30.4 Å². The Labute approximate surface area is 207 Å². The minimum atomic E-state index is -1.40. The summed E-state index contributed by atoms with van der Waals surface area (Å²) in [6, 6.07) is 10.4. The number of fused-ring (bicyclic) bond motifs is 5. The van der Waals surface area contributed by atoms with E-state index in [-0.39, 0.29) is 38.0 Å². The maximum Gasteiger partial charge on any atom is 0.250 e. The number of amides is 4. The zero-order chi connectivity index (χ0) is 25.2. The molecule has 2 saturated heterocycles. The maximum absolute atomic E-state index is 13.9. The van der Waals surface area contributed by atoms with E-state index in [1.54, 1.807) is 18.2 Å². The molecule has 4 unspecified atom stereocenters. The SMILES string of the molecule is CCc1ccc2c(c1)C1(NC(CCC(N)=O)C3C(=O)N(Cc4ccc5c(c4)OCO5)C(=O)C31)C(=O)N2. The zero-order valence-electron chi connectivity index (χ0n) is 19.7. The van der Waals surface area contributed by atoms with Crippen LogP contribution in [0.5, 0.6) is 11.5 Å². The number of rotatable bonds is 6. The van der Waals surface area contributed by atoms with Crippen molar-refractivity contribution < 1.29 is 28.7 Å². The Morgan fingerprint density at radius 2 is 1.86 bits per heavy atom. The molecule has 4 heterocycles. The molecule has 0 saturated carbocycles. The van der Waals surface area contributed by atoms with Crippen molar-refractivity contribution in [1.82, 2.24) is 10.2 Å². The van der Waals surface area contributed by atoms with Gasteiger partial charge in [0.1, 0.15) is 5.54 Å². The van der Waals surface area contributed by atoms with Crippen molar-refractivity contribution in [3.05, 3.63) is 53.1 Å². The molecule has 0 bridgehead atoms. The molecule has 10 nitrogen and oxygen atoms in total. The largest absolute Gasteiger partial charge is 0.454 e. The Kier molecular flexibility index (Phi) is 5.04. The second-order valence-corrected chi connectivity index (χ2v) is 9.71. The molecule has 2 aromatic rings. The van der Waals surface area contributed by atoms with Crippen molar-refractivity contribution in [3.63, 3.8) is 0 Å². The minimum Gasteiger partial charge on any atom is -0.454 e. The fraction of sp³-hybridized carbons (Fsp3) is 0.385. The van der Waals surface area contributed by atoms with Crippen LogP contribution in [-0.4, -0.2) is 41.4 Å². The van der Waals surface area contributed by atoms with Crippen LogP contribution < -0.4 is 25.8 Å². The number of imide groups is 1. The van der Waals surface area contributed by atoms with E-state index in [1.165, 1.54) is 4.90 Å². The van der Waals surface area contributed by atoms with Gasteiger partial charge in [-0.3, -0.25) is 29.4 Å². The summed E-state index contributed by atoms with van der Waals surface area (Å²) >= 11 is 0. The van der Waals surface area contributed by atoms with E-state index in [2.05, 4.69) is 10.6 Å². The lowest BCUT2D eigenvalue weighted by Crippen LogP contribution is -2.53. The number of primary amides is 1. The molecule has 0 aliphatic carbocycles. The molecule has 2 aromatic carbocycles. The van der Waals surface area contributed by atoms with Crippen LogP contribution in [0.2, 0.25) is 0 Å². The van der Waals surface area contributed by atoms with E-state index >= 15 is 0 Å². The fourth-order valence-corrected chi connectivity index (χ4v) is 6.05. The van der Waals surface area contributed by atoms with Gasteiger partial charge in [-0.05, 0) is 42.2 Å². The van der Waals surface area contributed by atoms with Crippen molar-refractivity contribution in [2.45, 2.75) is 44.3 Å². The van der Waals surface area contributed by atoms with Gasteiger partial charge < -0.3 is 20.5 Å². The Hall–Kier alpha value is -3.92. The van der Waals surface area contributed by atoms with Crippen LogP contribution in [0.1, 0.15) is 36.5 Å². The third-order valence-electron chi connectivity index (χ3n) is 7.76. The molecule has 0 radical (unpaired) electrons. The number of aryl methyl sites for hydroxylation is 1. The predicted octanol–water partition coefficient (Wildman–Crippen LogP) is 1.16. The summed E-state index contributed by atoms with van der Waals surface area (Å²) in [7, 11) is 0. The number of nitrogens with zero attached hydrogens (tertiary/aromatic N) is 1. The lowest BCUT2D eigenvalue weighted by molar-refractivity contribution is -0.143. The van der Waals surface area contributed by atoms with Crippen LogP contribution in [0.3, 0.4) is 0 Å². The highest BCUT2D eigenvalue weighted by atomic mass is 16.7. The lowest BCUT2D eigenvalue weighted by Gasteiger charge is -2.29. The van der Waals surface area contributed by atoms with Gasteiger partial charge in [-0.15, -0.1) is 0 Å². The van der Waals surface area contributed by atoms with Crippen molar-refractivity contribution in [2.24, 2.45) is 17.6 Å². The molecule has 4 amide bonds. The van der Waals surface area contributed by atoms with E-state index in [9.17, 15) is 19.2 Å². The maximum atomic E-state index is 13.9. The topological polar surface area (TPSA) is 140 Å². The molecule has 4 aliphatic heterocycles. The summed E-state index contributed by atoms with van der Waals surface area (Å²) in [6.45, 7) is 2.18. The molecular weight excluding hydrogens is 464 g/mol. The van der Waals surface area contributed by atoms with E-state index in [1.807, 2.05) is 25.1 Å². The van der Waals surface area contributed by atoms with Crippen LogP contribution in [0, 0.1) is 11.8 Å². The average Bonchev–Trinajstić information content (AvgIpc) is 3.59. The monoisotopic (exact) mass is 490 g/mol. The Balaban J connectivity index is 1.41. The number of hydrogen-bond acceptors (Lipinski definition) is 7. The first-order chi connectivity index (χ1) is 17.3. The predicted molar refractivity (Wildman–Crippen MR) is 127 cm³/mol. The third kappa shape index (κ3) is 3.13. The van der Waals surface area contributed by atoms with Gasteiger partial charge in [0.05, 0.1) is 18.4 Å². The highest BCUT2D eigenvalue weighted by molar-refractivity contribution is 6.15. The number of nitrogens with one attached hydrogen (secondary N) is 2. The Bertz CT molecular complexity index is 1330. The average molecular weight is 491 g/mol. The standard InChI is InChI=1S/C26H26N4O6/c1-2-13-3-5-16-15(9-13)26(25(34)28-16)22-21(17(29-26)6-8-20(27)31)23(32)30(24(22)33)11-14-4-7-18-19(10-14)36-12-35-18/h3-5,7,9-10,17,21-22,29H,2,6,8,11-12H2,1H3,(H2,27,31)(H,28,34). The molecule has 2 fully saturated rings. The van der Waals surface area contributed by atoms with Crippen LogP contribution >= 0.6 is 0 Å². The lowest BCUT2D eigenvalue weighted by atomic mass is 9.76. The van der Waals surface area contributed by atoms with E-state index < -0.39 is 35.2 Å². The fourth-order valence-electron chi connectivity index (χ4n) is 6.05. The summed E-state index contributed by atoms with van der Waals surface area (Å²) in [5.74, 6) is -2.23. The van der Waals surface area contributed by atoms with Gasteiger partial charge in [0, 0.05) is 23.7 Å². The highest BCUT2D eigenvalue weighted by Gasteiger charge is 2.70. The zero-order valence-corrected chi connectivity index (χ0v) is 19.7. The third-order valence-corrected chi connectivity index (χ3v) is 7.76. The van der Waals surface area contributed by atoms with Crippen molar-refractivity contribution in [2.75, 3.05) is 12.1 Å². The first-order valence-corrected chi connectivity index (χ1v) is 12.1. The number of ether oxygens (including phenoxy) is 2. The molecule has 10 heteroatoms. The molecule has 4 atom stereocenters. The van der Waals surface area contributed by atoms with Gasteiger partial charge >= 0.3 is 0 Å². The van der Waals surface area contributed by atoms with Gasteiger partial charge in [0.15, 0.2) is 11.5 Å². The molecule has 4 N–H and O–H groups in total. The normalized spacial score (nSPS) is 27.5. The molecule has 0 aromatic heterocycles. The molecular formula is C26H26N4O6. The van der Waals surface area contributed by atoms with Crippen LogP contribution in [0.4, 0.5) is 5.69 Å². The first kappa shape index (κ1) is 22.5. The summed E-state index contributed by atoms with van der Waals surface area (Å²) in [5, 5.41) is 6.24. The second kappa shape index (κ2) is 8.06. The van der Waals surface area contributed by atoms with Gasteiger partial charge in [-0.1, -0.05) is 25.1 Å². The number of likely N-dealkylation sites (tertiary alicyclic amines) is 1. The van der Waals surface area contributed by atoms with E-state index in [4.69, 9.17) is 15.2 Å². The van der Waals surface area contributed by atoms with Crippen molar-refractivity contribution >= 4 is 29.3 Å². The summed E-state index contributed by atoms with van der Waals surface area (Å²) < 4.78 is 10.8. The molecule has 186 valence electrons. The summed E-state index contributed by atoms with van der Waals surface area (Å²) in [6.07, 6.45) is 1.02. The number of carbonyl (C=O) groups is 4. The van der Waals surface area contributed by atoms with Gasteiger partial charge in [-0.25, -0.2) is 0 Å². The van der Waals surface area contributed by atoms with E-state index in [0.29, 0.717) is 28.3 Å². The molecule has 36 heavy (non-hydrogen) atoms. The number of benzene rings is 2. The Morgan fingerprint density at radius 1 is 1.08 bits per heavy atom. The van der Waals surface area contributed by atoms with Gasteiger partial charge in [-0.2, -0.15) is 0 Å². The number of hydrogen-bond donors (Lipinski definition) is 3. The summed E-state index contributed by atoms with van der Waals surface area (Å²) in [5.41, 5.74) is 7.00. The molecule has 4 aliphatic rings. The minimum absolute atomic E-state index is 0.0318. The van der Waals surface area contributed by atoms with Gasteiger partial charge in [0.25, 0.3) is 0 Å². The Morgan fingerprint density at radius 3 is 2.64 bits per heavy atom. The smallest absolute Gasteiger partial charge is 0.250 e. The highest BCUT2D eigenvalue weighted by Crippen LogP contribution is 2.54. The van der Waals surface area contributed by atoms with Crippen LogP contribution in [-0.2, 0) is 37.7 Å². The number of nitrogens with two attached hydrogens (primary N) is 1. The van der Waals surface area contributed by atoms with E-state index in [0.717, 1.165) is 12.0 Å². The first-order valence-electron chi connectivity index (χ1n) is 12.1. The second-order valence-electron chi connectivity index (χ2n) is 9.71. The van der Waals surface area contributed by atoms with Crippen molar-refractivity contribution in [1.29, 1.82) is 0 Å². The number of carbonyl (C=O) groups excluding carboxylic acids is 4. The summed E-state index contributed by atoms with van der Waals surface area (Å²) in [4.78, 5) is 54.0. The van der Waals surface area contributed by atoms with Crippen molar-refractivity contribution in [3.8, 4) is 11.5 Å². The van der Waals surface area contributed by atoms with Crippen LogP contribution in [0.25, 0.3) is 0 Å². The molecule has 6 rings (SSSR count). The quantitative estimate of drug-likeness (QED) is 0.516. The molecule has 1 spiro atoms.